The van der Waals surface area contributed by atoms with Gasteiger partial charge in [-0.15, -0.1) is 0 Å². The Balaban J connectivity index is 2.30. The number of nitrogens with zero attached hydrogens (tertiary/aromatic N) is 1. The van der Waals surface area contributed by atoms with E-state index in [9.17, 15) is 8.42 Å². The Morgan fingerprint density at radius 3 is 2.60 bits per heavy atom. The highest BCUT2D eigenvalue weighted by Crippen LogP contribution is 2.25. The smallest absolute Gasteiger partial charge is 0.279 e. The lowest BCUT2D eigenvalue weighted by molar-refractivity contribution is 0.417. The molecule has 20 heavy (non-hydrogen) atoms. The van der Waals surface area contributed by atoms with Crippen LogP contribution in [0.2, 0.25) is 0 Å². The number of rotatable bonds is 5. The highest BCUT2D eigenvalue weighted by Gasteiger charge is 2.17. The molecule has 0 aliphatic heterocycles. The Kier molecular flexibility index (Phi) is 4.21. The average Bonchev–Trinajstić information content (AvgIpc) is 2.47. The first-order valence-corrected chi connectivity index (χ1v) is 7.36. The zero-order valence-electron chi connectivity index (χ0n) is 10.9. The Morgan fingerprint density at radius 1 is 1.25 bits per heavy atom. The molecule has 0 amide bonds. The molecule has 0 spiro atoms. The number of aromatic nitrogens is 1. The van der Waals surface area contributed by atoms with Crippen LogP contribution in [-0.2, 0) is 16.6 Å². The maximum atomic E-state index is 12.2. The number of methoxy groups -OCH3 is 1. The van der Waals surface area contributed by atoms with Gasteiger partial charge < -0.3 is 10.5 Å². The number of nitrogens with two attached hydrogens (primary N) is 1. The molecule has 0 atom stereocenters. The monoisotopic (exact) mass is 293 g/mol. The number of para-hydroxylation sites is 2. The maximum Gasteiger partial charge on any atom is 0.279 e. The highest BCUT2D eigenvalue weighted by atomic mass is 32.2. The van der Waals surface area contributed by atoms with E-state index < -0.39 is 10.0 Å². The summed E-state index contributed by atoms with van der Waals surface area (Å²) in [5.41, 5.74) is 6.57. The largest absolute Gasteiger partial charge is 0.495 e. The third-order valence-corrected chi connectivity index (χ3v) is 3.94. The van der Waals surface area contributed by atoms with Gasteiger partial charge in [0, 0.05) is 12.7 Å². The van der Waals surface area contributed by atoms with Crippen LogP contribution in [0.5, 0.6) is 5.75 Å². The lowest BCUT2D eigenvalue weighted by Gasteiger charge is -2.11. The van der Waals surface area contributed by atoms with E-state index in [4.69, 9.17) is 10.5 Å². The molecule has 0 aliphatic carbocycles. The molecule has 0 saturated carbocycles. The molecule has 0 fully saturated rings. The lowest BCUT2D eigenvalue weighted by atomic mass is 10.3. The van der Waals surface area contributed by atoms with Gasteiger partial charge in [0.1, 0.15) is 5.75 Å². The molecular formula is C13H15N3O3S. The molecule has 6 nitrogen and oxygen atoms in total. The van der Waals surface area contributed by atoms with Crippen molar-refractivity contribution in [3.63, 3.8) is 0 Å². The quantitative estimate of drug-likeness (QED) is 0.867. The molecule has 0 bridgehead atoms. The third kappa shape index (κ3) is 3.06. The molecule has 0 aliphatic rings. The first kappa shape index (κ1) is 14.3. The molecule has 2 rings (SSSR count). The first-order chi connectivity index (χ1) is 9.56. The number of ether oxygens (including phenoxy) is 1. The van der Waals surface area contributed by atoms with Gasteiger partial charge in [0.2, 0.25) is 0 Å². The van der Waals surface area contributed by atoms with E-state index in [0.717, 1.165) is 5.56 Å². The minimum absolute atomic E-state index is 0.0689. The summed E-state index contributed by atoms with van der Waals surface area (Å²) in [7, 11) is -2.28. The summed E-state index contributed by atoms with van der Waals surface area (Å²) in [5, 5.41) is -0.0689. The molecule has 106 valence electrons. The number of benzene rings is 1. The van der Waals surface area contributed by atoms with Crippen LogP contribution >= 0.6 is 0 Å². The third-order valence-electron chi connectivity index (χ3n) is 2.66. The van der Waals surface area contributed by atoms with Crippen molar-refractivity contribution in [2.45, 2.75) is 11.6 Å². The second-order valence-corrected chi connectivity index (χ2v) is 5.64. The van der Waals surface area contributed by atoms with Crippen LogP contribution in [0.1, 0.15) is 5.56 Å². The molecule has 1 aromatic carbocycles. The van der Waals surface area contributed by atoms with Gasteiger partial charge in [-0.2, -0.15) is 8.42 Å². The van der Waals surface area contributed by atoms with Crippen molar-refractivity contribution in [3.05, 3.63) is 48.2 Å². The predicted molar refractivity (Wildman–Crippen MR) is 75.9 cm³/mol. The number of anilines is 1. The van der Waals surface area contributed by atoms with Crippen LogP contribution in [0.25, 0.3) is 0 Å². The zero-order valence-corrected chi connectivity index (χ0v) is 11.7. The van der Waals surface area contributed by atoms with Crippen molar-refractivity contribution in [3.8, 4) is 5.75 Å². The summed E-state index contributed by atoms with van der Waals surface area (Å²) in [6.07, 6.45) is 1.44. The molecule has 1 heterocycles. The van der Waals surface area contributed by atoms with E-state index in [1.54, 1.807) is 30.3 Å². The van der Waals surface area contributed by atoms with Crippen LogP contribution in [0.15, 0.2) is 47.6 Å². The summed E-state index contributed by atoms with van der Waals surface area (Å²) < 4.78 is 32.0. The second kappa shape index (κ2) is 5.89. The van der Waals surface area contributed by atoms with E-state index in [1.807, 2.05) is 0 Å². The standard InChI is InChI=1S/C13H15N3O3S/c1-19-12-5-3-2-4-11(12)16-20(17,18)13-7-6-10(8-14)9-15-13/h2-7,9,16H,8,14H2,1H3. The summed E-state index contributed by atoms with van der Waals surface area (Å²) in [6.45, 7) is 0.313. The Morgan fingerprint density at radius 2 is 2.00 bits per heavy atom. The summed E-state index contributed by atoms with van der Waals surface area (Å²) >= 11 is 0. The Labute approximate surface area is 117 Å². The van der Waals surface area contributed by atoms with Crippen molar-refractivity contribution >= 4 is 15.7 Å². The van der Waals surface area contributed by atoms with Crippen molar-refractivity contribution in [1.82, 2.24) is 4.98 Å². The van der Waals surface area contributed by atoms with Crippen molar-refractivity contribution < 1.29 is 13.2 Å². The van der Waals surface area contributed by atoms with Crippen LogP contribution in [0.3, 0.4) is 0 Å². The molecule has 3 N–H and O–H groups in total. The van der Waals surface area contributed by atoms with E-state index in [0.29, 0.717) is 18.0 Å². The molecule has 2 aromatic rings. The second-order valence-electron chi connectivity index (χ2n) is 4.01. The Hall–Kier alpha value is -2.12. The van der Waals surface area contributed by atoms with E-state index in [1.165, 1.54) is 19.4 Å². The fourth-order valence-electron chi connectivity index (χ4n) is 1.62. The molecule has 7 heteroatoms. The van der Waals surface area contributed by atoms with Gasteiger partial charge in [-0.05, 0) is 23.8 Å². The topological polar surface area (TPSA) is 94.3 Å². The van der Waals surface area contributed by atoms with Crippen LogP contribution in [0, 0.1) is 0 Å². The first-order valence-electron chi connectivity index (χ1n) is 5.87. The van der Waals surface area contributed by atoms with E-state index in [-0.39, 0.29) is 5.03 Å². The van der Waals surface area contributed by atoms with Gasteiger partial charge in [-0.1, -0.05) is 18.2 Å². The van der Waals surface area contributed by atoms with Gasteiger partial charge in [0.05, 0.1) is 12.8 Å². The SMILES string of the molecule is COc1ccccc1NS(=O)(=O)c1ccc(CN)cn1. The molecule has 0 radical (unpaired) electrons. The predicted octanol–water partition coefficient (Wildman–Crippen LogP) is 1.35. The fraction of sp³-hybridized carbons (Fsp3) is 0.154. The minimum Gasteiger partial charge on any atom is -0.495 e. The van der Waals surface area contributed by atoms with Crippen LogP contribution in [0.4, 0.5) is 5.69 Å². The average molecular weight is 293 g/mol. The summed E-state index contributed by atoms with van der Waals surface area (Å²) in [6, 6.07) is 9.80. The van der Waals surface area contributed by atoms with Crippen molar-refractivity contribution in [1.29, 1.82) is 0 Å². The van der Waals surface area contributed by atoms with Gasteiger partial charge in [0.25, 0.3) is 10.0 Å². The van der Waals surface area contributed by atoms with Gasteiger partial charge in [-0.25, -0.2) is 4.98 Å². The number of pyridine rings is 1. The summed E-state index contributed by atoms with van der Waals surface area (Å²) in [5.74, 6) is 0.439. The number of hydrogen-bond donors (Lipinski definition) is 2. The summed E-state index contributed by atoms with van der Waals surface area (Å²) in [4.78, 5) is 3.90. The zero-order chi connectivity index (χ0) is 14.6. The number of hydrogen-bond acceptors (Lipinski definition) is 5. The van der Waals surface area contributed by atoms with Crippen molar-refractivity contribution in [2.75, 3.05) is 11.8 Å². The normalized spacial score (nSPS) is 11.1. The van der Waals surface area contributed by atoms with Gasteiger partial charge in [-0.3, -0.25) is 4.72 Å². The minimum atomic E-state index is -3.75. The lowest BCUT2D eigenvalue weighted by Crippen LogP contribution is -2.15. The van der Waals surface area contributed by atoms with Crippen molar-refractivity contribution in [2.24, 2.45) is 5.73 Å². The molecule has 0 saturated heterocycles. The van der Waals surface area contributed by atoms with Crippen LogP contribution < -0.4 is 15.2 Å². The van der Waals surface area contributed by atoms with Crippen LogP contribution in [-0.4, -0.2) is 20.5 Å². The maximum absolute atomic E-state index is 12.2. The fourth-order valence-corrected chi connectivity index (χ4v) is 2.62. The highest BCUT2D eigenvalue weighted by molar-refractivity contribution is 7.92. The molecule has 0 unspecified atom stereocenters. The van der Waals surface area contributed by atoms with Gasteiger partial charge >= 0.3 is 0 Å². The van der Waals surface area contributed by atoms with E-state index >= 15 is 0 Å². The number of sulfonamides is 1. The van der Waals surface area contributed by atoms with Gasteiger partial charge in [0.15, 0.2) is 5.03 Å². The molecule has 1 aromatic heterocycles. The Bertz CT molecular complexity index is 684. The number of nitrogens with one attached hydrogen (secondary N) is 1. The van der Waals surface area contributed by atoms with E-state index in [2.05, 4.69) is 9.71 Å². The molecular weight excluding hydrogens is 278 g/mol.